The Morgan fingerprint density at radius 3 is 2.88 bits per heavy atom. The van der Waals surface area contributed by atoms with Crippen molar-refractivity contribution in [3.8, 4) is 0 Å². The molecule has 2 aliphatic rings. The SMILES string of the molecule is Cl.Cl.O[C@H]1CCNC[C@]12CCCN(c1nccc3ccccc13)C2. The van der Waals surface area contributed by atoms with E-state index in [4.69, 9.17) is 0 Å². The highest BCUT2D eigenvalue weighted by Gasteiger charge is 2.43. The summed E-state index contributed by atoms with van der Waals surface area (Å²) in [5.74, 6) is 1.06. The van der Waals surface area contributed by atoms with Crippen LogP contribution in [0.1, 0.15) is 19.3 Å². The van der Waals surface area contributed by atoms with Gasteiger partial charge in [0.2, 0.25) is 0 Å². The van der Waals surface area contributed by atoms with Crippen LogP contribution in [-0.4, -0.2) is 42.4 Å². The lowest BCUT2D eigenvalue weighted by atomic mass is 9.72. The zero-order chi connectivity index (χ0) is 15.0. The van der Waals surface area contributed by atoms with Crippen molar-refractivity contribution < 1.29 is 5.11 Å². The normalized spacial score (nSPS) is 26.7. The average Bonchev–Trinajstić information content (AvgIpc) is 2.57. The van der Waals surface area contributed by atoms with Crippen molar-refractivity contribution in [2.24, 2.45) is 5.41 Å². The number of rotatable bonds is 1. The van der Waals surface area contributed by atoms with E-state index in [-0.39, 0.29) is 36.3 Å². The molecule has 4 nitrogen and oxygen atoms in total. The molecule has 2 aromatic rings. The summed E-state index contributed by atoms with van der Waals surface area (Å²) in [6, 6.07) is 10.5. The van der Waals surface area contributed by atoms with Gasteiger partial charge in [0.15, 0.2) is 0 Å². The van der Waals surface area contributed by atoms with Gasteiger partial charge >= 0.3 is 0 Å². The molecule has 0 unspecified atom stereocenters. The Balaban J connectivity index is 0.00000104. The van der Waals surface area contributed by atoms with Crippen molar-refractivity contribution in [3.05, 3.63) is 36.5 Å². The Morgan fingerprint density at radius 1 is 1.21 bits per heavy atom. The van der Waals surface area contributed by atoms with Gasteiger partial charge in [-0.2, -0.15) is 0 Å². The third-order valence-corrected chi connectivity index (χ3v) is 5.34. The smallest absolute Gasteiger partial charge is 0.136 e. The van der Waals surface area contributed by atoms with Gasteiger partial charge in [0.25, 0.3) is 0 Å². The summed E-state index contributed by atoms with van der Waals surface area (Å²) in [5.41, 5.74) is -0.0187. The Labute approximate surface area is 155 Å². The molecule has 0 bridgehead atoms. The molecule has 1 aromatic carbocycles. The van der Waals surface area contributed by atoms with Crippen LogP contribution in [0.4, 0.5) is 5.82 Å². The van der Waals surface area contributed by atoms with Crippen molar-refractivity contribution in [1.82, 2.24) is 10.3 Å². The minimum atomic E-state index is -0.202. The molecule has 0 saturated carbocycles. The second-order valence-corrected chi connectivity index (χ2v) is 6.72. The topological polar surface area (TPSA) is 48.4 Å². The first-order valence-electron chi connectivity index (χ1n) is 8.26. The van der Waals surface area contributed by atoms with E-state index < -0.39 is 0 Å². The number of benzene rings is 1. The first-order chi connectivity index (χ1) is 10.8. The molecule has 2 N–H and O–H groups in total. The molecule has 2 saturated heterocycles. The summed E-state index contributed by atoms with van der Waals surface area (Å²) in [5, 5.41) is 16.5. The zero-order valence-corrected chi connectivity index (χ0v) is 15.3. The molecular weight excluding hydrogens is 345 g/mol. The van der Waals surface area contributed by atoms with Gasteiger partial charge in [-0.15, -0.1) is 24.8 Å². The Bertz CT molecular complexity index is 675. The summed E-state index contributed by atoms with van der Waals surface area (Å²) in [6.45, 7) is 3.75. The van der Waals surface area contributed by atoms with Crippen LogP contribution in [0.25, 0.3) is 10.8 Å². The first kappa shape index (κ1) is 19.3. The fourth-order valence-corrected chi connectivity index (χ4v) is 4.11. The number of aromatic nitrogens is 1. The fourth-order valence-electron chi connectivity index (χ4n) is 4.11. The lowest BCUT2D eigenvalue weighted by Gasteiger charge is -2.48. The summed E-state index contributed by atoms with van der Waals surface area (Å²) >= 11 is 0. The minimum Gasteiger partial charge on any atom is -0.392 e. The molecule has 1 aromatic heterocycles. The van der Waals surface area contributed by atoms with Crippen LogP contribution >= 0.6 is 24.8 Å². The summed E-state index contributed by atoms with van der Waals surface area (Å²) in [4.78, 5) is 7.03. The minimum absolute atomic E-state index is 0. The van der Waals surface area contributed by atoms with Crippen molar-refractivity contribution in [2.45, 2.75) is 25.4 Å². The highest BCUT2D eigenvalue weighted by molar-refractivity contribution is 5.92. The number of halogens is 2. The summed E-state index contributed by atoms with van der Waals surface area (Å²) < 4.78 is 0. The third kappa shape index (κ3) is 3.33. The number of nitrogens with zero attached hydrogens (tertiary/aromatic N) is 2. The van der Waals surface area contributed by atoms with E-state index in [2.05, 4.69) is 45.5 Å². The van der Waals surface area contributed by atoms with E-state index in [0.717, 1.165) is 51.3 Å². The molecular formula is C18H25Cl2N3O. The van der Waals surface area contributed by atoms with Gasteiger partial charge in [-0.05, 0) is 37.3 Å². The number of piperidine rings is 2. The van der Waals surface area contributed by atoms with Gasteiger partial charge in [-0.3, -0.25) is 0 Å². The molecule has 2 atom stereocenters. The van der Waals surface area contributed by atoms with E-state index in [1.54, 1.807) is 0 Å². The molecule has 24 heavy (non-hydrogen) atoms. The number of fused-ring (bicyclic) bond motifs is 1. The molecule has 2 fully saturated rings. The molecule has 2 aliphatic heterocycles. The molecule has 132 valence electrons. The molecule has 1 spiro atoms. The number of aliphatic hydroxyl groups excluding tert-OH is 1. The van der Waals surface area contributed by atoms with E-state index in [1.807, 2.05) is 6.20 Å². The Kier molecular flexibility index (Phi) is 6.32. The molecule has 4 rings (SSSR count). The third-order valence-electron chi connectivity index (χ3n) is 5.34. The molecule has 0 aliphatic carbocycles. The van der Waals surface area contributed by atoms with Crippen LogP contribution in [-0.2, 0) is 0 Å². The maximum atomic E-state index is 10.6. The van der Waals surface area contributed by atoms with E-state index in [9.17, 15) is 5.11 Å². The van der Waals surface area contributed by atoms with Crippen LogP contribution < -0.4 is 10.2 Å². The van der Waals surface area contributed by atoms with E-state index in [0.29, 0.717) is 0 Å². The predicted molar refractivity (Wildman–Crippen MR) is 104 cm³/mol. The highest BCUT2D eigenvalue weighted by Crippen LogP contribution is 2.38. The van der Waals surface area contributed by atoms with Crippen molar-refractivity contribution in [2.75, 3.05) is 31.1 Å². The summed E-state index contributed by atoms with van der Waals surface area (Å²) in [6.07, 6.45) is 4.77. The van der Waals surface area contributed by atoms with Crippen LogP contribution in [0, 0.1) is 5.41 Å². The van der Waals surface area contributed by atoms with Crippen LogP contribution in [0.15, 0.2) is 36.5 Å². The largest absolute Gasteiger partial charge is 0.392 e. The standard InChI is InChI=1S/C18H23N3O.2ClH/c22-16-7-9-19-12-18(16)8-3-11-21(13-18)17-15-5-2-1-4-14(15)6-10-20-17;;/h1-2,4-6,10,16,19,22H,3,7-9,11-13H2;2*1H/t16-,18-;;/m0../s1. The lowest BCUT2D eigenvalue weighted by Crippen LogP contribution is -2.58. The number of aliphatic hydroxyl groups is 1. The van der Waals surface area contributed by atoms with Gasteiger partial charge in [0.1, 0.15) is 5.82 Å². The zero-order valence-electron chi connectivity index (χ0n) is 13.6. The Morgan fingerprint density at radius 2 is 2.04 bits per heavy atom. The monoisotopic (exact) mass is 369 g/mol. The number of anilines is 1. The van der Waals surface area contributed by atoms with Crippen LogP contribution in [0.5, 0.6) is 0 Å². The second kappa shape index (κ2) is 7.87. The van der Waals surface area contributed by atoms with E-state index in [1.165, 1.54) is 10.8 Å². The van der Waals surface area contributed by atoms with Crippen LogP contribution in [0.3, 0.4) is 0 Å². The Hall–Kier alpha value is -1.07. The van der Waals surface area contributed by atoms with Crippen molar-refractivity contribution >= 4 is 41.4 Å². The van der Waals surface area contributed by atoms with Gasteiger partial charge in [-0.1, -0.05) is 24.3 Å². The van der Waals surface area contributed by atoms with Gasteiger partial charge in [-0.25, -0.2) is 4.98 Å². The molecule has 0 radical (unpaired) electrons. The van der Waals surface area contributed by atoms with Crippen molar-refractivity contribution in [3.63, 3.8) is 0 Å². The number of nitrogens with one attached hydrogen (secondary N) is 1. The summed E-state index contributed by atoms with van der Waals surface area (Å²) in [7, 11) is 0. The van der Waals surface area contributed by atoms with Gasteiger partial charge < -0.3 is 15.3 Å². The fraction of sp³-hybridized carbons (Fsp3) is 0.500. The van der Waals surface area contributed by atoms with Gasteiger partial charge in [0.05, 0.1) is 6.10 Å². The van der Waals surface area contributed by atoms with Crippen LogP contribution in [0.2, 0.25) is 0 Å². The number of hydrogen-bond acceptors (Lipinski definition) is 4. The van der Waals surface area contributed by atoms with Gasteiger partial charge in [0, 0.05) is 36.6 Å². The molecule has 6 heteroatoms. The quantitative estimate of drug-likeness (QED) is 0.810. The first-order valence-corrected chi connectivity index (χ1v) is 8.26. The van der Waals surface area contributed by atoms with E-state index >= 15 is 0 Å². The predicted octanol–water partition coefficient (Wildman–Crippen LogP) is 3.02. The van der Waals surface area contributed by atoms with Crippen molar-refractivity contribution in [1.29, 1.82) is 0 Å². The number of pyridine rings is 1. The highest BCUT2D eigenvalue weighted by atomic mass is 35.5. The maximum absolute atomic E-state index is 10.6. The average molecular weight is 370 g/mol. The lowest BCUT2D eigenvalue weighted by molar-refractivity contribution is -0.0101. The second-order valence-electron chi connectivity index (χ2n) is 6.72. The molecule has 3 heterocycles. The maximum Gasteiger partial charge on any atom is 0.136 e. The molecule has 0 amide bonds. The number of hydrogen-bond donors (Lipinski definition) is 2.